The van der Waals surface area contributed by atoms with Crippen molar-refractivity contribution < 1.29 is 14.3 Å². The van der Waals surface area contributed by atoms with Gasteiger partial charge < -0.3 is 10.1 Å². The summed E-state index contributed by atoms with van der Waals surface area (Å²) in [4.78, 5) is 29.1. The average Bonchev–Trinajstić information content (AvgIpc) is 2.71. The highest BCUT2D eigenvalue weighted by atomic mass is 16.5. The SMILES string of the molecule is CCc1ccc([C@H](C)NC(=O)COC(=O)c2cc(C)nc3ccccc23)cc1. The minimum Gasteiger partial charge on any atom is -0.452 e. The van der Waals surface area contributed by atoms with Gasteiger partial charge in [-0.15, -0.1) is 0 Å². The summed E-state index contributed by atoms with van der Waals surface area (Å²) in [6.45, 7) is 5.50. The second-order valence-electron chi connectivity index (χ2n) is 6.79. The quantitative estimate of drug-likeness (QED) is 0.657. The summed E-state index contributed by atoms with van der Waals surface area (Å²) in [6, 6.07) is 17.0. The first kappa shape index (κ1) is 19.5. The van der Waals surface area contributed by atoms with E-state index in [9.17, 15) is 9.59 Å². The molecular formula is C23H24N2O3. The number of pyridine rings is 1. The number of amides is 1. The number of hydrogen-bond acceptors (Lipinski definition) is 4. The van der Waals surface area contributed by atoms with Gasteiger partial charge >= 0.3 is 5.97 Å². The molecule has 1 amide bonds. The van der Waals surface area contributed by atoms with E-state index in [2.05, 4.69) is 29.4 Å². The van der Waals surface area contributed by atoms with Gasteiger partial charge in [-0.05, 0) is 43.5 Å². The van der Waals surface area contributed by atoms with Crippen molar-refractivity contribution in [3.05, 3.63) is 77.0 Å². The number of aromatic nitrogens is 1. The molecule has 0 aliphatic heterocycles. The summed E-state index contributed by atoms with van der Waals surface area (Å²) in [5.74, 6) is -0.868. The molecule has 144 valence electrons. The molecule has 3 aromatic rings. The van der Waals surface area contributed by atoms with E-state index in [1.165, 1.54) is 5.56 Å². The lowest BCUT2D eigenvalue weighted by Crippen LogP contribution is -2.31. The third kappa shape index (κ3) is 4.55. The fraction of sp³-hybridized carbons (Fsp3) is 0.261. The standard InChI is InChI=1S/C23H24N2O3/c1-4-17-9-11-18(12-10-17)16(3)25-22(26)14-28-23(27)20-13-15(2)24-21-8-6-5-7-19(20)21/h5-13,16H,4,14H2,1-3H3,(H,25,26)/t16-/m0/s1. The van der Waals surface area contributed by atoms with Crippen LogP contribution in [0, 0.1) is 6.92 Å². The van der Waals surface area contributed by atoms with Crippen LogP contribution in [0.2, 0.25) is 0 Å². The molecule has 0 bridgehead atoms. The van der Waals surface area contributed by atoms with Gasteiger partial charge in [-0.1, -0.05) is 49.4 Å². The largest absolute Gasteiger partial charge is 0.452 e. The van der Waals surface area contributed by atoms with Gasteiger partial charge in [0.2, 0.25) is 0 Å². The maximum atomic E-state index is 12.5. The van der Waals surface area contributed by atoms with E-state index in [0.717, 1.165) is 23.2 Å². The number of ether oxygens (including phenoxy) is 1. The zero-order valence-corrected chi connectivity index (χ0v) is 16.4. The van der Waals surface area contributed by atoms with E-state index in [0.29, 0.717) is 10.9 Å². The van der Waals surface area contributed by atoms with E-state index in [4.69, 9.17) is 4.74 Å². The molecule has 0 radical (unpaired) electrons. The fourth-order valence-electron chi connectivity index (χ4n) is 3.09. The van der Waals surface area contributed by atoms with Crippen molar-refractivity contribution in [2.75, 3.05) is 6.61 Å². The van der Waals surface area contributed by atoms with Gasteiger partial charge in [-0.25, -0.2) is 4.79 Å². The number of rotatable bonds is 6. The molecule has 0 saturated carbocycles. The van der Waals surface area contributed by atoms with E-state index in [-0.39, 0.29) is 18.6 Å². The number of aryl methyl sites for hydroxylation is 2. The number of carbonyl (C=O) groups is 2. The lowest BCUT2D eigenvalue weighted by molar-refractivity contribution is -0.124. The zero-order chi connectivity index (χ0) is 20.1. The molecule has 2 aromatic carbocycles. The van der Waals surface area contributed by atoms with Crippen LogP contribution in [0.1, 0.15) is 47.1 Å². The molecule has 3 rings (SSSR count). The number of carbonyl (C=O) groups excluding carboxylic acids is 2. The van der Waals surface area contributed by atoms with E-state index < -0.39 is 5.97 Å². The van der Waals surface area contributed by atoms with Crippen molar-refractivity contribution in [3.63, 3.8) is 0 Å². The minimum absolute atomic E-state index is 0.166. The molecule has 1 atom stereocenters. The molecule has 5 nitrogen and oxygen atoms in total. The summed E-state index contributed by atoms with van der Waals surface area (Å²) in [6.07, 6.45) is 0.972. The van der Waals surface area contributed by atoms with Crippen molar-refractivity contribution in [1.29, 1.82) is 0 Å². The van der Waals surface area contributed by atoms with Crippen LogP contribution < -0.4 is 5.32 Å². The van der Waals surface area contributed by atoms with Crippen LogP contribution in [-0.2, 0) is 16.0 Å². The van der Waals surface area contributed by atoms with Gasteiger partial charge in [-0.3, -0.25) is 9.78 Å². The molecule has 0 spiro atoms. The molecular weight excluding hydrogens is 352 g/mol. The Morgan fingerprint density at radius 1 is 1.11 bits per heavy atom. The second-order valence-corrected chi connectivity index (χ2v) is 6.79. The van der Waals surface area contributed by atoms with Crippen molar-refractivity contribution >= 4 is 22.8 Å². The highest BCUT2D eigenvalue weighted by Gasteiger charge is 2.16. The van der Waals surface area contributed by atoms with Crippen molar-refractivity contribution in [2.24, 2.45) is 0 Å². The van der Waals surface area contributed by atoms with Gasteiger partial charge in [0.15, 0.2) is 6.61 Å². The fourth-order valence-corrected chi connectivity index (χ4v) is 3.09. The predicted molar refractivity (Wildman–Crippen MR) is 109 cm³/mol. The van der Waals surface area contributed by atoms with E-state index in [1.54, 1.807) is 6.07 Å². The van der Waals surface area contributed by atoms with E-state index in [1.807, 2.05) is 50.2 Å². The van der Waals surface area contributed by atoms with Crippen LogP contribution in [0.3, 0.4) is 0 Å². The van der Waals surface area contributed by atoms with Gasteiger partial charge in [0, 0.05) is 11.1 Å². The van der Waals surface area contributed by atoms with Gasteiger partial charge in [0.25, 0.3) is 5.91 Å². The van der Waals surface area contributed by atoms with Crippen LogP contribution in [0.5, 0.6) is 0 Å². The van der Waals surface area contributed by atoms with Crippen LogP contribution in [0.4, 0.5) is 0 Å². The minimum atomic E-state index is -0.531. The maximum Gasteiger partial charge on any atom is 0.339 e. The first-order valence-corrected chi connectivity index (χ1v) is 9.39. The predicted octanol–water partition coefficient (Wildman–Crippen LogP) is 4.14. The molecule has 1 heterocycles. The average molecular weight is 376 g/mol. The number of nitrogens with one attached hydrogen (secondary N) is 1. The van der Waals surface area contributed by atoms with Crippen LogP contribution in [0.25, 0.3) is 10.9 Å². The Bertz CT molecular complexity index is 996. The van der Waals surface area contributed by atoms with Crippen molar-refractivity contribution in [2.45, 2.75) is 33.2 Å². The highest BCUT2D eigenvalue weighted by molar-refractivity contribution is 6.04. The number of nitrogens with zero attached hydrogens (tertiary/aromatic N) is 1. The molecule has 0 saturated heterocycles. The summed E-state index contributed by atoms with van der Waals surface area (Å²) in [7, 11) is 0. The van der Waals surface area contributed by atoms with Crippen molar-refractivity contribution in [3.8, 4) is 0 Å². The molecule has 1 N–H and O–H groups in total. The first-order chi connectivity index (χ1) is 13.5. The Morgan fingerprint density at radius 3 is 2.54 bits per heavy atom. The van der Waals surface area contributed by atoms with Gasteiger partial charge in [-0.2, -0.15) is 0 Å². The number of para-hydroxylation sites is 1. The maximum absolute atomic E-state index is 12.5. The summed E-state index contributed by atoms with van der Waals surface area (Å²) >= 11 is 0. The number of hydrogen-bond donors (Lipinski definition) is 1. The molecule has 1 aromatic heterocycles. The molecule has 28 heavy (non-hydrogen) atoms. The Balaban J connectivity index is 1.62. The normalized spacial score (nSPS) is 11.8. The lowest BCUT2D eigenvalue weighted by atomic mass is 10.1. The van der Waals surface area contributed by atoms with Gasteiger partial charge in [0.1, 0.15) is 0 Å². The smallest absolute Gasteiger partial charge is 0.339 e. The second kappa shape index (κ2) is 8.65. The Labute approximate surface area is 164 Å². The monoisotopic (exact) mass is 376 g/mol. The molecule has 5 heteroatoms. The number of esters is 1. The lowest BCUT2D eigenvalue weighted by Gasteiger charge is -2.15. The Kier molecular flexibility index (Phi) is 6.04. The van der Waals surface area contributed by atoms with Gasteiger partial charge in [0.05, 0.1) is 17.1 Å². The summed E-state index contributed by atoms with van der Waals surface area (Å²) < 4.78 is 5.25. The van der Waals surface area contributed by atoms with Crippen LogP contribution in [0.15, 0.2) is 54.6 Å². The molecule has 0 fully saturated rings. The third-order valence-corrected chi connectivity index (χ3v) is 4.66. The number of fused-ring (bicyclic) bond motifs is 1. The summed E-state index contributed by atoms with van der Waals surface area (Å²) in [5.41, 5.74) is 4.12. The Hall–Kier alpha value is -3.21. The van der Waals surface area contributed by atoms with Crippen molar-refractivity contribution in [1.82, 2.24) is 10.3 Å². The van der Waals surface area contributed by atoms with Crippen LogP contribution in [-0.4, -0.2) is 23.5 Å². The molecule has 0 aliphatic carbocycles. The first-order valence-electron chi connectivity index (χ1n) is 9.39. The highest BCUT2D eigenvalue weighted by Crippen LogP contribution is 2.19. The third-order valence-electron chi connectivity index (χ3n) is 4.66. The zero-order valence-electron chi connectivity index (χ0n) is 16.4. The molecule has 0 unspecified atom stereocenters. The number of benzene rings is 2. The Morgan fingerprint density at radius 2 is 1.82 bits per heavy atom. The summed E-state index contributed by atoms with van der Waals surface area (Å²) in [5, 5.41) is 3.57. The van der Waals surface area contributed by atoms with Crippen LogP contribution >= 0.6 is 0 Å². The topological polar surface area (TPSA) is 68.3 Å². The molecule has 0 aliphatic rings. The van der Waals surface area contributed by atoms with E-state index >= 15 is 0 Å².